The molecular formula is C24H21ClN4O3. The van der Waals surface area contributed by atoms with Gasteiger partial charge in [0.25, 0.3) is 11.5 Å². The molecule has 2 aromatic heterocycles. The maximum atomic E-state index is 13.3. The van der Waals surface area contributed by atoms with Gasteiger partial charge >= 0.3 is 0 Å². The molecule has 0 N–H and O–H groups in total. The van der Waals surface area contributed by atoms with E-state index >= 15 is 0 Å². The zero-order valence-electron chi connectivity index (χ0n) is 17.5. The number of piperidine rings is 1. The topological polar surface area (TPSA) is 87.7 Å². The Balaban J connectivity index is 1.85. The van der Waals surface area contributed by atoms with Crippen LogP contribution in [0.1, 0.15) is 30.4 Å². The van der Waals surface area contributed by atoms with Crippen LogP contribution in [0.3, 0.4) is 0 Å². The Kier molecular flexibility index (Phi) is 6.24. The van der Waals surface area contributed by atoms with E-state index in [0.29, 0.717) is 29.5 Å². The second-order valence-corrected chi connectivity index (χ2v) is 8.04. The van der Waals surface area contributed by atoms with E-state index in [4.69, 9.17) is 16.3 Å². The summed E-state index contributed by atoms with van der Waals surface area (Å²) in [6.07, 6.45) is 5.74. The number of likely N-dealkylation sites (tertiary alicyclic amines) is 1. The van der Waals surface area contributed by atoms with Gasteiger partial charge in [-0.05, 0) is 68.2 Å². The molecule has 1 aromatic carbocycles. The minimum atomic E-state index is -0.429. The van der Waals surface area contributed by atoms with Crippen LogP contribution in [0.2, 0.25) is 5.02 Å². The number of hydrogen-bond acceptors (Lipinski definition) is 5. The first-order valence-corrected chi connectivity index (χ1v) is 10.7. The first-order valence-electron chi connectivity index (χ1n) is 10.3. The maximum Gasteiger partial charge on any atom is 0.269 e. The Morgan fingerprint density at radius 3 is 2.59 bits per heavy atom. The van der Waals surface area contributed by atoms with Gasteiger partial charge in [0.15, 0.2) is 0 Å². The van der Waals surface area contributed by atoms with E-state index in [2.05, 4.69) is 4.98 Å². The second-order valence-electron chi connectivity index (χ2n) is 7.60. The van der Waals surface area contributed by atoms with Crippen molar-refractivity contribution in [1.29, 1.82) is 5.26 Å². The number of nitriles is 1. The summed E-state index contributed by atoms with van der Waals surface area (Å²) in [4.78, 5) is 32.4. The van der Waals surface area contributed by atoms with E-state index in [1.165, 1.54) is 10.5 Å². The summed E-state index contributed by atoms with van der Waals surface area (Å²) in [6.45, 7) is 3.03. The highest BCUT2D eigenvalue weighted by molar-refractivity contribution is 6.30. The maximum absolute atomic E-state index is 13.3. The van der Waals surface area contributed by atoms with Crippen molar-refractivity contribution in [3.05, 3.63) is 74.7 Å². The lowest BCUT2D eigenvalue weighted by molar-refractivity contribution is -0.127. The van der Waals surface area contributed by atoms with Crippen LogP contribution < -0.4 is 10.3 Å². The predicted molar refractivity (Wildman–Crippen MR) is 122 cm³/mol. The fraction of sp³-hybridized carbons (Fsp3) is 0.250. The summed E-state index contributed by atoms with van der Waals surface area (Å²) in [5.74, 6) is 0.0546. The number of carbonyl (C=O) groups excluding carboxylic acids is 1. The van der Waals surface area contributed by atoms with Gasteiger partial charge in [0.05, 0.1) is 0 Å². The molecule has 3 aromatic rings. The molecule has 7 nitrogen and oxygen atoms in total. The van der Waals surface area contributed by atoms with Crippen LogP contribution in [0.4, 0.5) is 0 Å². The molecule has 4 rings (SSSR count). The van der Waals surface area contributed by atoms with E-state index in [0.717, 1.165) is 24.8 Å². The van der Waals surface area contributed by atoms with Gasteiger partial charge in [-0.2, -0.15) is 10.2 Å². The second kappa shape index (κ2) is 9.25. The normalized spacial score (nSPS) is 14.3. The summed E-state index contributed by atoms with van der Waals surface area (Å²) in [6, 6.07) is 12.2. The monoisotopic (exact) mass is 448 g/mol. The van der Waals surface area contributed by atoms with Crippen molar-refractivity contribution < 1.29 is 9.53 Å². The molecule has 0 saturated carbocycles. The van der Waals surface area contributed by atoms with Crippen molar-refractivity contribution in [2.24, 2.45) is 0 Å². The SMILES string of the molecule is Cc1cccn2c(=O)c(C=C(C#N)C(=O)N3CCCCC3)c(Oc3ccc(Cl)cc3)nc12. The molecule has 162 valence electrons. The van der Waals surface area contributed by atoms with Crippen molar-refractivity contribution in [2.45, 2.75) is 26.2 Å². The third kappa shape index (κ3) is 4.36. The van der Waals surface area contributed by atoms with Gasteiger partial charge in [-0.15, -0.1) is 0 Å². The zero-order valence-corrected chi connectivity index (χ0v) is 18.3. The highest BCUT2D eigenvalue weighted by Gasteiger charge is 2.23. The van der Waals surface area contributed by atoms with Crippen LogP contribution in [-0.2, 0) is 4.79 Å². The third-order valence-electron chi connectivity index (χ3n) is 5.36. The number of fused-ring (bicyclic) bond motifs is 1. The van der Waals surface area contributed by atoms with Gasteiger partial charge in [0.1, 0.15) is 28.6 Å². The molecule has 8 heteroatoms. The Morgan fingerprint density at radius 2 is 1.91 bits per heavy atom. The minimum absolute atomic E-state index is 0.0193. The number of amides is 1. The number of rotatable bonds is 4. The van der Waals surface area contributed by atoms with E-state index in [1.54, 1.807) is 41.4 Å². The molecule has 0 spiro atoms. The average Bonchev–Trinajstić information content (AvgIpc) is 2.81. The lowest BCUT2D eigenvalue weighted by Crippen LogP contribution is -2.36. The van der Waals surface area contributed by atoms with Gasteiger partial charge in [-0.1, -0.05) is 17.7 Å². The highest BCUT2D eigenvalue weighted by atomic mass is 35.5. The van der Waals surface area contributed by atoms with Crippen LogP contribution in [0.15, 0.2) is 53.0 Å². The number of aromatic nitrogens is 2. The largest absolute Gasteiger partial charge is 0.438 e. The van der Waals surface area contributed by atoms with E-state index in [9.17, 15) is 14.9 Å². The van der Waals surface area contributed by atoms with Crippen molar-refractivity contribution in [3.63, 3.8) is 0 Å². The molecule has 3 heterocycles. The van der Waals surface area contributed by atoms with Gasteiger partial charge in [-0.3, -0.25) is 14.0 Å². The number of nitrogens with zero attached hydrogens (tertiary/aromatic N) is 4. The van der Waals surface area contributed by atoms with Gasteiger partial charge in [-0.25, -0.2) is 0 Å². The van der Waals surface area contributed by atoms with Gasteiger partial charge < -0.3 is 9.64 Å². The molecule has 0 atom stereocenters. The van der Waals surface area contributed by atoms with E-state index in [-0.39, 0.29) is 17.0 Å². The summed E-state index contributed by atoms with van der Waals surface area (Å²) >= 11 is 5.95. The first-order chi connectivity index (χ1) is 15.5. The Bertz CT molecular complexity index is 1300. The number of ether oxygens (including phenoxy) is 1. The third-order valence-corrected chi connectivity index (χ3v) is 5.61. The molecule has 1 aliphatic heterocycles. The van der Waals surface area contributed by atoms with Crippen molar-refractivity contribution in [2.75, 3.05) is 13.1 Å². The number of aryl methyl sites for hydroxylation is 1. The fourth-order valence-electron chi connectivity index (χ4n) is 3.66. The van der Waals surface area contributed by atoms with Crippen LogP contribution >= 0.6 is 11.6 Å². The molecular weight excluding hydrogens is 428 g/mol. The molecule has 0 bridgehead atoms. The Morgan fingerprint density at radius 1 is 1.19 bits per heavy atom. The van der Waals surface area contributed by atoms with E-state index < -0.39 is 11.5 Å². The fourth-order valence-corrected chi connectivity index (χ4v) is 3.79. The Hall–Kier alpha value is -3.63. The number of pyridine rings is 1. The number of carbonyl (C=O) groups is 1. The number of benzene rings is 1. The highest BCUT2D eigenvalue weighted by Crippen LogP contribution is 2.26. The van der Waals surface area contributed by atoms with Crippen molar-refractivity contribution in [3.8, 4) is 17.7 Å². The van der Waals surface area contributed by atoms with Crippen LogP contribution in [0.25, 0.3) is 11.7 Å². The van der Waals surface area contributed by atoms with Gasteiger partial charge in [0.2, 0.25) is 5.88 Å². The van der Waals surface area contributed by atoms with Crippen LogP contribution in [0.5, 0.6) is 11.6 Å². The molecule has 0 radical (unpaired) electrons. The summed E-state index contributed by atoms with van der Waals surface area (Å²) in [5, 5.41) is 10.2. The van der Waals surface area contributed by atoms with E-state index in [1.807, 2.05) is 19.1 Å². The minimum Gasteiger partial charge on any atom is -0.438 e. The van der Waals surface area contributed by atoms with Gasteiger partial charge in [0, 0.05) is 24.3 Å². The lowest BCUT2D eigenvalue weighted by Gasteiger charge is -2.26. The molecule has 1 aliphatic rings. The standard InChI is InChI=1S/C24H21ClN4O3/c1-16-6-5-13-29-21(16)27-22(32-19-9-7-18(25)8-10-19)20(24(29)31)14-17(15-26)23(30)28-11-3-2-4-12-28/h5-10,13-14H,2-4,11-12H2,1H3. The molecule has 0 aliphatic carbocycles. The molecule has 0 unspecified atom stereocenters. The van der Waals surface area contributed by atoms with Crippen LogP contribution in [0, 0.1) is 18.3 Å². The summed E-state index contributed by atoms with van der Waals surface area (Å²) in [5.41, 5.74) is 0.691. The quantitative estimate of drug-likeness (QED) is 0.437. The van der Waals surface area contributed by atoms with Crippen molar-refractivity contribution >= 4 is 29.2 Å². The first kappa shape index (κ1) is 21.6. The smallest absolute Gasteiger partial charge is 0.269 e. The number of hydrogen-bond donors (Lipinski definition) is 0. The molecule has 1 amide bonds. The molecule has 1 fully saturated rings. The van der Waals surface area contributed by atoms with Crippen molar-refractivity contribution in [1.82, 2.24) is 14.3 Å². The Labute approximate surface area is 190 Å². The molecule has 1 saturated heterocycles. The predicted octanol–water partition coefficient (Wildman–Crippen LogP) is 4.37. The van der Waals surface area contributed by atoms with Crippen LogP contribution in [-0.4, -0.2) is 33.3 Å². The molecule has 32 heavy (non-hydrogen) atoms. The average molecular weight is 449 g/mol. The lowest BCUT2D eigenvalue weighted by atomic mass is 10.1. The summed E-state index contributed by atoms with van der Waals surface area (Å²) in [7, 11) is 0. The zero-order chi connectivity index (χ0) is 22.7. The summed E-state index contributed by atoms with van der Waals surface area (Å²) < 4.78 is 7.30. The number of halogens is 1.